The molecule has 0 spiro atoms. The summed E-state index contributed by atoms with van der Waals surface area (Å²) in [6, 6.07) is 9.17. The highest BCUT2D eigenvalue weighted by Crippen LogP contribution is 2.24. The van der Waals surface area contributed by atoms with Crippen LogP contribution in [0, 0.1) is 6.92 Å². The number of aryl methyl sites for hydroxylation is 1. The molecule has 19 heavy (non-hydrogen) atoms. The molecule has 0 bridgehead atoms. The fourth-order valence-electron chi connectivity index (χ4n) is 2.58. The second kappa shape index (κ2) is 6.57. The van der Waals surface area contributed by atoms with Crippen molar-refractivity contribution in [1.82, 2.24) is 10.2 Å². The highest BCUT2D eigenvalue weighted by Gasteiger charge is 2.23. The first-order valence-corrected chi connectivity index (χ1v) is 6.97. The molecule has 1 aliphatic heterocycles. The van der Waals surface area contributed by atoms with Gasteiger partial charge in [0, 0.05) is 13.6 Å². The lowest BCUT2D eigenvalue weighted by atomic mass is 10.0. The molecule has 4 heteroatoms. The fraction of sp³-hybridized carbons (Fsp3) is 0.533. The van der Waals surface area contributed by atoms with E-state index in [0.29, 0.717) is 12.0 Å². The molecule has 4 nitrogen and oxygen atoms in total. The van der Waals surface area contributed by atoms with Crippen LogP contribution in [0.15, 0.2) is 29.3 Å². The Bertz CT molecular complexity index is 418. The summed E-state index contributed by atoms with van der Waals surface area (Å²) < 4.78 is 0. The molecule has 0 radical (unpaired) electrons. The summed E-state index contributed by atoms with van der Waals surface area (Å²) in [7, 11) is 1.71. The van der Waals surface area contributed by atoms with Crippen molar-refractivity contribution >= 4 is 5.96 Å². The van der Waals surface area contributed by atoms with Gasteiger partial charge in [-0.3, -0.25) is 9.89 Å². The predicted molar refractivity (Wildman–Crippen MR) is 80.3 cm³/mol. The van der Waals surface area contributed by atoms with Gasteiger partial charge >= 0.3 is 0 Å². The monoisotopic (exact) mass is 260 g/mol. The number of rotatable bonds is 4. The Morgan fingerprint density at radius 2 is 1.95 bits per heavy atom. The molecule has 1 aromatic rings. The number of guanidine groups is 1. The van der Waals surface area contributed by atoms with Crippen molar-refractivity contribution in [3.63, 3.8) is 0 Å². The third-order valence-corrected chi connectivity index (χ3v) is 3.76. The van der Waals surface area contributed by atoms with E-state index in [9.17, 15) is 0 Å². The maximum atomic E-state index is 5.74. The minimum Gasteiger partial charge on any atom is -0.370 e. The van der Waals surface area contributed by atoms with E-state index in [2.05, 4.69) is 46.4 Å². The smallest absolute Gasteiger partial charge is 0.188 e. The van der Waals surface area contributed by atoms with Gasteiger partial charge in [-0.25, -0.2) is 0 Å². The van der Waals surface area contributed by atoms with Crippen molar-refractivity contribution in [3.8, 4) is 0 Å². The van der Waals surface area contributed by atoms with Crippen LogP contribution in [0.2, 0.25) is 0 Å². The molecule has 2 rings (SSSR count). The lowest BCUT2D eigenvalue weighted by Crippen LogP contribution is -2.39. The molecule has 0 saturated carbocycles. The highest BCUT2D eigenvalue weighted by molar-refractivity contribution is 5.77. The SMILES string of the molecule is CN=C(N)NCC(c1ccc(C)cc1)N1CCCC1. The molecule has 1 heterocycles. The summed E-state index contributed by atoms with van der Waals surface area (Å²) in [4.78, 5) is 6.49. The first-order chi connectivity index (χ1) is 9.20. The molecular formula is C15H24N4. The number of benzene rings is 1. The van der Waals surface area contributed by atoms with Gasteiger partial charge in [-0.2, -0.15) is 0 Å². The van der Waals surface area contributed by atoms with E-state index in [0.717, 1.165) is 6.54 Å². The second-order valence-corrected chi connectivity index (χ2v) is 5.16. The summed E-state index contributed by atoms with van der Waals surface area (Å²) in [6.45, 7) is 5.27. The number of nitrogens with one attached hydrogen (secondary N) is 1. The lowest BCUT2D eigenvalue weighted by Gasteiger charge is -2.28. The normalized spacial score (nSPS) is 18.5. The zero-order chi connectivity index (χ0) is 13.7. The Hall–Kier alpha value is -1.55. The Kier molecular flexibility index (Phi) is 4.80. The number of nitrogens with two attached hydrogens (primary N) is 1. The van der Waals surface area contributed by atoms with Gasteiger partial charge in [-0.1, -0.05) is 29.8 Å². The summed E-state index contributed by atoms with van der Waals surface area (Å²) >= 11 is 0. The van der Waals surface area contributed by atoms with Gasteiger partial charge in [0.1, 0.15) is 0 Å². The molecule has 0 aromatic heterocycles. The van der Waals surface area contributed by atoms with Crippen molar-refractivity contribution < 1.29 is 0 Å². The van der Waals surface area contributed by atoms with E-state index in [1.165, 1.54) is 37.1 Å². The Morgan fingerprint density at radius 1 is 1.32 bits per heavy atom. The fourth-order valence-corrected chi connectivity index (χ4v) is 2.58. The van der Waals surface area contributed by atoms with Gasteiger partial charge < -0.3 is 11.1 Å². The van der Waals surface area contributed by atoms with Gasteiger partial charge in [0.05, 0.1) is 6.04 Å². The van der Waals surface area contributed by atoms with Crippen LogP contribution in [0.25, 0.3) is 0 Å². The minimum atomic E-state index is 0.378. The highest BCUT2D eigenvalue weighted by atomic mass is 15.2. The van der Waals surface area contributed by atoms with Crippen LogP contribution in [-0.4, -0.2) is 37.5 Å². The first kappa shape index (κ1) is 13.9. The van der Waals surface area contributed by atoms with Gasteiger partial charge in [0.25, 0.3) is 0 Å². The minimum absolute atomic E-state index is 0.378. The largest absolute Gasteiger partial charge is 0.370 e. The quantitative estimate of drug-likeness (QED) is 0.639. The van der Waals surface area contributed by atoms with Crippen molar-refractivity contribution in [2.45, 2.75) is 25.8 Å². The number of hydrogen-bond acceptors (Lipinski definition) is 2. The number of hydrogen-bond donors (Lipinski definition) is 2. The average Bonchev–Trinajstić information content (AvgIpc) is 2.94. The summed E-state index contributed by atoms with van der Waals surface area (Å²) in [6.07, 6.45) is 2.58. The number of aliphatic imine (C=N–C) groups is 1. The van der Waals surface area contributed by atoms with E-state index >= 15 is 0 Å². The first-order valence-electron chi connectivity index (χ1n) is 6.97. The molecule has 1 atom stereocenters. The van der Waals surface area contributed by atoms with Crippen LogP contribution in [-0.2, 0) is 0 Å². The van der Waals surface area contributed by atoms with Gasteiger partial charge in [0.2, 0.25) is 0 Å². The van der Waals surface area contributed by atoms with Crippen molar-refractivity contribution in [2.24, 2.45) is 10.7 Å². The van der Waals surface area contributed by atoms with Gasteiger partial charge in [-0.15, -0.1) is 0 Å². The summed E-state index contributed by atoms with van der Waals surface area (Å²) in [5.41, 5.74) is 8.39. The van der Waals surface area contributed by atoms with Crippen molar-refractivity contribution in [1.29, 1.82) is 0 Å². The molecule has 1 saturated heterocycles. The van der Waals surface area contributed by atoms with Crippen LogP contribution in [0.1, 0.15) is 30.0 Å². The van der Waals surface area contributed by atoms with E-state index in [-0.39, 0.29) is 0 Å². The summed E-state index contributed by atoms with van der Waals surface area (Å²) in [5, 5.41) is 3.21. The van der Waals surface area contributed by atoms with Crippen LogP contribution in [0.3, 0.4) is 0 Å². The topological polar surface area (TPSA) is 53.6 Å². The van der Waals surface area contributed by atoms with Crippen molar-refractivity contribution in [2.75, 3.05) is 26.7 Å². The molecule has 3 N–H and O–H groups in total. The van der Waals surface area contributed by atoms with E-state index in [4.69, 9.17) is 5.73 Å². The maximum absolute atomic E-state index is 5.74. The van der Waals surface area contributed by atoms with Crippen LogP contribution >= 0.6 is 0 Å². The number of nitrogens with zero attached hydrogens (tertiary/aromatic N) is 2. The van der Waals surface area contributed by atoms with Gasteiger partial charge in [-0.05, 0) is 38.4 Å². The van der Waals surface area contributed by atoms with E-state index in [1.807, 2.05) is 0 Å². The van der Waals surface area contributed by atoms with E-state index in [1.54, 1.807) is 7.05 Å². The average molecular weight is 260 g/mol. The van der Waals surface area contributed by atoms with Crippen LogP contribution in [0.4, 0.5) is 0 Å². The van der Waals surface area contributed by atoms with Crippen LogP contribution in [0.5, 0.6) is 0 Å². The third-order valence-electron chi connectivity index (χ3n) is 3.76. The molecule has 1 aromatic carbocycles. The Labute approximate surface area is 115 Å². The Balaban J connectivity index is 2.11. The molecular weight excluding hydrogens is 236 g/mol. The Morgan fingerprint density at radius 3 is 2.53 bits per heavy atom. The van der Waals surface area contributed by atoms with E-state index < -0.39 is 0 Å². The van der Waals surface area contributed by atoms with Crippen molar-refractivity contribution in [3.05, 3.63) is 35.4 Å². The molecule has 0 aliphatic carbocycles. The van der Waals surface area contributed by atoms with Gasteiger partial charge in [0.15, 0.2) is 5.96 Å². The molecule has 1 aliphatic rings. The summed E-state index contributed by atoms with van der Waals surface area (Å²) in [5.74, 6) is 0.510. The number of likely N-dealkylation sites (tertiary alicyclic amines) is 1. The molecule has 0 amide bonds. The lowest BCUT2D eigenvalue weighted by molar-refractivity contribution is 0.245. The standard InChI is InChI=1S/C15H24N4/c1-12-5-7-13(8-6-12)14(11-18-15(16)17-2)19-9-3-4-10-19/h5-8,14H,3-4,9-11H2,1-2H3,(H3,16,17,18). The van der Waals surface area contributed by atoms with Crippen LogP contribution < -0.4 is 11.1 Å². The zero-order valence-corrected chi connectivity index (χ0v) is 11.9. The zero-order valence-electron chi connectivity index (χ0n) is 11.9. The second-order valence-electron chi connectivity index (χ2n) is 5.16. The maximum Gasteiger partial charge on any atom is 0.188 e. The molecule has 1 fully saturated rings. The molecule has 104 valence electrons. The molecule has 1 unspecified atom stereocenters. The third kappa shape index (κ3) is 3.70. The predicted octanol–water partition coefficient (Wildman–Crippen LogP) is 1.67.